The topological polar surface area (TPSA) is 91.9 Å². The Morgan fingerprint density at radius 3 is 2.69 bits per heavy atom. The highest BCUT2D eigenvalue weighted by atomic mass is 32.1. The summed E-state index contributed by atoms with van der Waals surface area (Å²) in [5, 5.41) is 22.2. The SMILES string of the molecule is CC1CN(C2CCc3nc(NCc4cccc(Cn5cc(-c6ccc(C#N)cc6)nn5)c4)sc3C2)CC(C)O1. The highest BCUT2D eigenvalue weighted by Crippen LogP contribution is 2.33. The molecule has 0 spiro atoms. The number of nitriles is 1. The molecule has 2 aromatic carbocycles. The van der Waals surface area contributed by atoms with Crippen molar-refractivity contribution in [2.45, 2.75) is 64.4 Å². The summed E-state index contributed by atoms with van der Waals surface area (Å²) in [7, 11) is 0. The van der Waals surface area contributed by atoms with E-state index >= 15 is 0 Å². The summed E-state index contributed by atoms with van der Waals surface area (Å²) in [5.74, 6) is 0. The minimum atomic E-state index is 0.304. The summed E-state index contributed by atoms with van der Waals surface area (Å²) in [6, 6.07) is 18.7. The van der Waals surface area contributed by atoms with E-state index in [9.17, 15) is 0 Å². The van der Waals surface area contributed by atoms with Gasteiger partial charge in [-0.3, -0.25) is 4.90 Å². The van der Waals surface area contributed by atoms with E-state index in [1.807, 2.05) is 34.3 Å². The van der Waals surface area contributed by atoms with E-state index in [0.29, 0.717) is 30.4 Å². The maximum Gasteiger partial charge on any atom is 0.183 e. The molecule has 200 valence electrons. The van der Waals surface area contributed by atoms with Gasteiger partial charge in [-0.1, -0.05) is 41.6 Å². The Hall–Kier alpha value is -3.58. The number of hydrogen-bond donors (Lipinski definition) is 1. The molecule has 1 N–H and O–H groups in total. The lowest BCUT2D eigenvalue weighted by Crippen LogP contribution is -2.51. The molecule has 1 aliphatic carbocycles. The lowest BCUT2D eigenvalue weighted by Gasteiger charge is -2.41. The van der Waals surface area contributed by atoms with Crippen molar-refractivity contribution in [2.24, 2.45) is 0 Å². The molecule has 0 saturated carbocycles. The number of nitrogens with one attached hydrogen (secondary N) is 1. The van der Waals surface area contributed by atoms with Crippen molar-refractivity contribution in [2.75, 3.05) is 18.4 Å². The first-order valence-corrected chi connectivity index (χ1v) is 14.4. The van der Waals surface area contributed by atoms with Crippen LogP contribution in [-0.4, -0.2) is 56.2 Å². The van der Waals surface area contributed by atoms with Crippen LogP contribution in [0.25, 0.3) is 11.3 Å². The van der Waals surface area contributed by atoms with E-state index in [4.69, 9.17) is 15.0 Å². The lowest BCUT2D eigenvalue weighted by molar-refractivity contribution is -0.0815. The van der Waals surface area contributed by atoms with E-state index in [2.05, 4.69) is 64.7 Å². The average Bonchev–Trinajstić information content (AvgIpc) is 3.58. The molecule has 2 aromatic heterocycles. The molecule has 2 aliphatic rings. The number of aromatic nitrogens is 4. The van der Waals surface area contributed by atoms with E-state index in [-0.39, 0.29) is 0 Å². The predicted molar refractivity (Wildman–Crippen MR) is 153 cm³/mol. The number of hydrogen-bond acceptors (Lipinski definition) is 8. The number of ether oxygens (including phenoxy) is 1. The zero-order chi connectivity index (χ0) is 26.8. The van der Waals surface area contributed by atoms with Crippen molar-refractivity contribution in [3.63, 3.8) is 0 Å². The van der Waals surface area contributed by atoms with Gasteiger partial charge in [-0.25, -0.2) is 9.67 Å². The van der Waals surface area contributed by atoms with E-state index in [1.54, 1.807) is 12.1 Å². The van der Waals surface area contributed by atoms with Gasteiger partial charge in [0.05, 0.1) is 42.3 Å². The maximum absolute atomic E-state index is 9.01. The van der Waals surface area contributed by atoms with Crippen LogP contribution in [0.3, 0.4) is 0 Å². The number of morpholine rings is 1. The molecule has 0 radical (unpaired) electrons. The van der Waals surface area contributed by atoms with Crippen LogP contribution in [0.1, 0.15) is 47.5 Å². The molecule has 3 heterocycles. The van der Waals surface area contributed by atoms with Crippen LogP contribution in [0.2, 0.25) is 0 Å². The Balaban J connectivity index is 1.06. The van der Waals surface area contributed by atoms with E-state index in [0.717, 1.165) is 48.9 Å². The van der Waals surface area contributed by atoms with Crippen LogP contribution in [-0.2, 0) is 30.7 Å². The minimum Gasteiger partial charge on any atom is -0.373 e. The Kier molecular flexibility index (Phi) is 7.42. The second kappa shape index (κ2) is 11.3. The number of nitrogens with zero attached hydrogens (tertiary/aromatic N) is 6. The van der Waals surface area contributed by atoms with Crippen molar-refractivity contribution >= 4 is 16.5 Å². The zero-order valence-electron chi connectivity index (χ0n) is 22.4. The smallest absolute Gasteiger partial charge is 0.183 e. The number of aryl methyl sites for hydroxylation is 1. The Morgan fingerprint density at radius 2 is 1.90 bits per heavy atom. The fourth-order valence-electron chi connectivity index (χ4n) is 5.69. The Labute approximate surface area is 233 Å². The van der Waals surface area contributed by atoms with Gasteiger partial charge < -0.3 is 10.1 Å². The Bertz CT molecular complexity index is 1460. The largest absolute Gasteiger partial charge is 0.373 e. The first-order valence-electron chi connectivity index (χ1n) is 13.6. The molecule has 6 rings (SSSR count). The molecule has 4 aromatic rings. The third-order valence-electron chi connectivity index (χ3n) is 7.51. The summed E-state index contributed by atoms with van der Waals surface area (Å²) < 4.78 is 7.79. The average molecular weight is 540 g/mol. The third kappa shape index (κ3) is 6.04. The number of thiazole rings is 1. The molecule has 3 unspecified atom stereocenters. The van der Waals surface area contributed by atoms with Crippen molar-refractivity contribution in [1.29, 1.82) is 5.26 Å². The van der Waals surface area contributed by atoms with Crippen LogP contribution in [0, 0.1) is 11.3 Å². The molecule has 0 amide bonds. The molecule has 1 fully saturated rings. The quantitative estimate of drug-likeness (QED) is 0.357. The van der Waals surface area contributed by atoms with Gasteiger partial charge in [-0.2, -0.15) is 5.26 Å². The Morgan fingerprint density at radius 1 is 1.10 bits per heavy atom. The molecule has 1 aliphatic heterocycles. The molecule has 39 heavy (non-hydrogen) atoms. The van der Waals surface area contributed by atoms with Crippen LogP contribution >= 0.6 is 11.3 Å². The van der Waals surface area contributed by atoms with E-state index in [1.165, 1.54) is 28.1 Å². The molecule has 1 saturated heterocycles. The number of benzene rings is 2. The van der Waals surface area contributed by atoms with Gasteiger partial charge in [-0.05, 0) is 56.4 Å². The van der Waals surface area contributed by atoms with Gasteiger partial charge in [0.15, 0.2) is 5.13 Å². The zero-order valence-corrected chi connectivity index (χ0v) is 23.2. The second-order valence-electron chi connectivity index (χ2n) is 10.7. The maximum atomic E-state index is 9.01. The second-order valence-corrected chi connectivity index (χ2v) is 11.7. The summed E-state index contributed by atoms with van der Waals surface area (Å²) in [6.07, 6.45) is 5.87. The van der Waals surface area contributed by atoms with Gasteiger partial charge >= 0.3 is 0 Å². The van der Waals surface area contributed by atoms with Gasteiger partial charge in [0.1, 0.15) is 5.69 Å². The van der Waals surface area contributed by atoms with Crippen molar-refractivity contribution in [3.8, 4) is 17.3 Å². The highest BCUT2D eigenvalue weighted by Gasteiger charge is 2.31. The monoisotopic (exact) mass is 539 g/mol. The van der Waals surface area contributed by atoms with Crippen LogP contribution in [0.15, 0.2) is 54.7 Å². The summed E-state index contributed by atoms with van der Waals surface area (Å²) in [6.45, 7) is 7.78. The summed E-state index contributed by atoms with van der Waals surface area (Å²) in [4.78, 5) is 8.99. The van der Waals surface area contributed by atoms with Gasteiger partial charge in [0.25, 0.3) is 0 Å². The summed E-state index contributed by atoms with van der Waals surface area (Å²) >= 11 is 1.81. The standard InChI is InChI=1S/C30H33N7OS/c1-20-16-36(17-21(2)38-20)26-10-11-27-29(13-26)39-30(33-27)32-15-23-4-3-5-24(12-23)18-37-19-28(34-35-37)25-8-6-22(14-31)7-9-25/h3-9,12,19-21,26H,10-11,13,15-18H2,1-2H3,(H,32,33). The van der Waals surface area contributed by atoms with Crippen LogP contribution < -0.4 is 5.32 Å². The fourth-order valence-corrected chi connectivity index (χ4v) is 6.76. The molecular weight excluding hydrogens is 506 g/mol. The number of fused-ring (bicyclic) bond motifs is 1. The lowest BCUT2D eigenvalue weighted by atomic mass is 9.95. The normalized spacial score (nSPS) is 21.3. The third-order valence-corrected chi connectivity index (χ3v) is 8.58. The first-order chi connectivity index (χ1) is 19.0. The number of anilines is 1. The van der Waals surface area contributed by atoms with Crippen LogP contribution in [0.5, 0.6) is 0 Å². The fraction of sp³-hybridized carbons (Fsp3) is 0.400. The molecular formula is C30H33N7OS. The van der Waals surface area contributed by atoms with Gasteiger partial charge in [-0.15, -0.1) is 16.4 Å². The van der Waals surface area contributed by atoms with Crippen molar-refractivity contribution < 1.29 is 4.74 Å². The van der Waals surface area contributed by atoms with Crippen molar-refractivity contribution in [3.05, 3.63) is 82.0 Å². The number of rotatable bonds is 7. The molecule has 9 heteroatoms. The van der Waals surface area contributed by atoms with Gasteiger partial charge in [0.2, 0.25) is 0 Å². The highest BCUT2D eigenvalue weighted by molar-refractivity contribution is 7.15. The molecule has 0 bridgehead atoms. The summed E-state index contributed by atoms with van der Waals surface area (Å²) in [5.41, 5.74) is 6.03. The molecule has 8 nitrogen and oxygen atoms in total. The first kappa shape index (κ1) is 25.7. The van der Waals surface area contributed by atoms with Crippen molar-refractivity contribution in [1.82, 2.24) is 24.9 Å². The predicted octanol–water partition coefficient (Wildman–Crippen LogP) is 4.90. The molecule has 3 atom stereocenters. The van der Waals surface area contributed by atoms with Gasteiger partial charge in [0, 0.05) is 36.1 Å². The minimum absolute atomic E-state index is 0.304. The van der Waals surface area contributed by atoms with E-state index < -0.39 is 0 Å². The van der Waals surface area contributed by atoms with Crippen LogP contribution in [0.4, 0.5) is 5.13 Å².